The predicted molar refractivity (Wildman–Crippen MR) is 72.0 cm³/mol. The zero-order chi connectivity index (χ0) is 13.3. The molecule has 0 aromatic carbocycles. The van der Waals surface area contributed by atoms with Crippen LogP contribution in [0.5, 0.6) is 0 Å². The van der Waals surface area contributed by atoms with Crippen LogP contribution < -0.4 is 0 Å². The van der Waals surface area contributed by atoms with Gasteiger partial charge in [0.05, 0.1) is 6.61 Å². The summed E-state index contributed by atoms with van der Waals surface area (Å²) in [5, 5.41) is 0. The van der Waals surface area contributed by atoms with E-state index in [0.717, 1.165) is 11.8 Å². The van der Waals surface area contributed by atoms with E-state index in [2.05, 4.69) is 30.5 Å². The van der Waals surface area contributed by atoms with E-state index in [1.807, 2.05) is 0 Å². The summed E-state index contributed by atoms with van der Waals surface area (Å²) in [5.74, 6) is 1.70. The summed E-state index contributed by atoms with van der Waals surface area (Å²) in [7, 11) is 2.23. The lowest BCUT2D eigenvalue weighted by Crippen LogP contribution is -2.25. The third kappa shape index (κ3) is 9.16. The highest BCUT2D eigenvalue weighted by atomic mass is 16.5. The number of esters is 1. The number of nitrogens with zero attached hydrogens (tertiary/aromatic N) is 1. The molecule has 1 aliphatic rings. The van der Waals surface area contributed by atoms with E-state index in [1.54, 1.807) is 13.8 Å². The standard InChI is InChI=1S/C9H19N.C5H10O2/c1-8-4-5-9(2)7-10(3)6-8;1-3-5(6)7-4-2/h8-9H,4-7H2,1-3H3;3-4H2,1-2H3. The first-order chi connectivity index (χ1) is 7.99. The van der Waals surface area contributed by atoms with E-state index in [4.69, 9.17) is 0 Å². The molecule has 2 unspecified atom stereocenters. The van der Waals surface area contributed by atoms with Gasteiger partial charge in [-0.25, -0.2) is 0 Å². The van der Waals surface area contributed by atoms with Crippen molar-refractivity contribution in [1.29, 1.82) is 0 Å². The van der Waals surface area contributed by atoms with Crippen LogP contribution >= 0.6 is 0 Å². The lowest BCUT2D eigenvalue weighted by Gasteiger charge is -2.17. The van der Waals surface area contributed by atoms with Gasteiger partial charge in [0.15, 0.2) is 0 Å². The van der Waals surface area contributed by atoms with Crippen molar-refractivity contribution in [2.45, 2.75) is 47.0 Å². The molecule has 0 bridgehead atoms. The van der Waals surface area contributed by atoms with Crippen molar-refractivity contribution in [3.05, 3.63) is 0 Å². The fourth-order valence-corrected chi connectivity index (χ4v) is 2.15. The Morgan fingerprint density at radius 1 is 1.18 bits per heavy atom. The van der Waals surface area contributed by atoms with Crippen LogP contribution in [0.1, 0.15) is 47.0 Å². The Morgan fingerprint density at radius 3 is 1.94 bits per heavy atom. The van der Waals surface area contributed by atoms with Gasteiger partial charge in [0.25, 0.3) is 0 Å². The summed E-state index contributed by atoms with van der Waals surface area (Å²) in [6, 6.07) is 0. The normalized spacial score (nSPS) is 25.5. The highest BCUT2D eigenvalue weighted by molar-refractivity contribution is 5.68. The van der Waals surface area contributed by atoms with Gasteiger partial charge >= 0.3 is 5.97 Å². The van der Waals surface area contributed by atoms with Crippen molar-refractivity contribution >= 4 is 5.97 Å². The van der Waals surface area contributed by atoms with E-state index in [0.29, 0.717) is 13.0 Å². The van der Waals surface area contributed by atoms with Crippen LogP contribution in [-0.2, 0) is 9.53 Å². The number of hydrogen-bond acceptors (Lipinski definition) is 3. The highest BCUT2D eigenvalue weighted by Crippen LogP contribution is 2.18. The quantitative estimate of drug-likeness (QED) is 0.698. The van der Waals surface area contributed by atoms with Crippen molar-refractivity contribution in [3.63, 3.8) is 0 Å². The molecule has 0 aromatic rings. The molecule has 3 heteroatoms. The zero-order valence-corrected chi connectivity index (χ0v) is 12.2. The van der Waals surface area contributed by atoms with Crippen LogP contribution in [-0.4, -0.2) is 37.6 Å². The second-order valence-electron chi connectivity index (χ2n) is 5.17. The van der Waals surface area contributed by atoms with E-state index in [1.165, 1.54) is 25.9 Å². The maximum Gasteiger partial charge on any atom is 0.305 e. The largest absolute Gasteiger partial charge is 0.466 e. The van der Waals surface area contributed by atoms with Crippen molar-refractivity contribution in [2.24, 2.45) is 11.8 Å². The number of ether oxygens (including phenoxy) is 1. The molecule has 2 atom stereocenters. The molecule has 0 aliphatic carbocycles. The van der Waals surface area contributed by atoms with Gasteiger partial charge in [-0.15, -0.1) is 0 Å². The maximum atomic E-state index is 10.2. The van der Waals surface area contributed by atoms with Crippen LogP contribution in [0.4, 0.5) is 0 Å². The fraction of sp³-hybridized carbons (Fsp3) is 0.929. The van der Waals surface area contributed by atoms with Crippen molar-refractivity contribution < 1.29 is 9.53 Å². The van der Waals surface area contributed by atoms with Crippen LogP contribution in [0, 0.1) is 11.8 Å². The molecular weight excluding hydrogens is 214 g/mol. The minimum absolute atomic E-state index is 0.123. The molecule has 0 aromatic heterocycles. The first-order valence-corrected chi connectivity index (χ1v) is 6.83. The summed E-state index contributed by atoms with van der Waals surface area (Å²) >= 11 is 0. The van der Waals surface area contributed by atoms with Crippen LogP contribution in [0.15, 0.2) is 0 Å². The van der Waals surface area contributed by atoms with E-state index in [-0.39, 0.29) is 5.97 Å². The predicted octanol–water partition coefficient (Wildman–Crippen LogP) is 2.94. The van der Waals surface area contributed by atoms with Gasteiger partial charge in [-0.2, -0.15) is 0 Å². The molecule has 1 heterocycles. The summed E-state index contributed by atoms with van der Waals surface area (Å²) < 4.78 is 4.55. The third-order valence-corrected chi connectivity index (χ3v) is 2.99. The Bertz CT molecular complexity index is 194. The molecule has 17 heavy (non-hydrogen) atoms. The van der Waals surface area contributed by atoms with Crippen LogP contribution in [0.25, 0.3) is 0 Å². The summed E-state index contributed by atoms with van der Waals surface area (Å²) in [6.07, 6.45) is 3.32. The number of hydrogen-bond donors (Lipinski definition) is 0. The molecule has 102 valence electrons. The van der Waals surface area contributed by atoms with Crippen molar-refractivity contribution in [1.82, 2.24) is 4.90 Å². The lowest BCUT2D eigenvalue weighted by molar-refractivity contribution is -0.142. The first-order valence-electron chi connectivity index (χ1n) is 6.83. The van der Waals surface area contributed by atoms with Crippen molar-refractivity contribution in [2.75, 3.05) is 26.7 Å². The fourth-order valence-electron chi connectivity index (χ4n) is 2.15. The van der Waals surface area contributed by atoms with E-state index >= 15 is 0 Å². The van der Waals surface area contributed by atoms with Gasteiger partial charge in [-0.05, 0) is 38.6 Å². The Morgan fingerprint density at radius 2 is 1.65 bits per heavy atom. The molecule has 1 saturated heterocycles. The minimum atomic E-state index is -0.123. The number of rotatable bonds is 2. The Balaban J connectivity index is 0.000000325. The second kappa shape index (κ2) is 9.46. The molecule has 0 radical (unpaired) electrons. The topological polar surface area (TPSA) is 29.5 Å². The summed E-state index contributed by atoms with van der Waals surface area (Å²) in [4.78, 5) is 12.7. The van der Waals surface area contributed by atoms with Gasteiger partial charge in [-0.1, -0.05) is 20.8 Å². The SMILES string of the molecule is CC1CCC(C)CN(C)C1.CCOC(=O)CC. The zero-order valence-electron chi connectivity index (χ0n) is 12.2. The number of carbonyl (C=O) groups is 1. The summed E-state index contributed by atoms with van der Waals surface area (Å²) in [5.41, 5.74) is 0. The number of likely N-dealkylation sites (tertiary alicyclic amines) is 1. The average molecular weight is 243 g/mol. The Labute approximate surface area is 107 Å². The van der Waals surface area contributed by atoms with Crippen LogP contribution in [0.2, 0.25) is 0 Å². The van der Waals surface area contributed by atoms with E-state index < -0.39 is 0 Å². The van der Waals surface area contributed by atoms with Gasteiger partial charge in [-0.3, -0.25) is 4.79 Å². The first kappa shape index (κ1) is 16.4. The van der Waals surface area contributed by atoms with Crippen molar-refractivity contribution in [3.8, 4) is 0 Å². The van der Waals surface area contributed by atoms with Gasteiger partial charge < -0.3 is 9.64 Å². The summed E-state index contributed by atoms with van der Waals surface area (Å²) in [6.45, 7) is 11.4. The molecule has 0 spiro atoms. The van der Waals surface area contributed by atoms with Gasteiger partial charge in [0.1, 0.15) is 0 Å². The molecule has 1 fully saturated rings. The Hall–Kier alpha value is -0.570. The van der Waals surface area contributed by atoms with Gasteiger partial charge in [0.2, 0.25) is 0 Å². The highest BCUT2D eigenvalue weighted by Gasteiger charge is 2.15. The second-order valence-corrected chi connectivity index (χ2v) is 5.17. The van der Waals surface area contributed by atoms with Crippen LogP contribution in [0.3, 0.4) is 0 Å². The lowest BCUT2D eigenvalue weighted by atomic mass is 10.0. The van der Waals surface area contributed by atoms with E-state index in [9.17, 15) is 4.79 Å². The monoisotopic (exact) mass is 243 g/mol. The Kier molecular flexibility index (Phi) is 9.14. The smallest absolute Gasteiger partial charge is 0.305 e. The molecule has 0 N–H and O–H groups in total. The third-order valence-electron chi connectivity index (χ3n) is 2.99. The molecular formula is C14H29NO2. The van der Waals surface area contributed by atoms with Gasteiger partial charge in [0, 0.05) is 19.5 Å². The maximum absolute atomic E-state index is 10.2. The number of carbonyl (C=O) groups excluding carboxylic acids is 1. The molecule has 1 rings (SSSR count). The molecule has 1 aliphatic heterocycles. The molecule has 0 amide bonds. The average Bonchev–Trinajstić information content (AvgIpc) is 2.40. The molecule has 0 saturated carbocycles. The minimum Gasteiger partial charge on any atom is -0.466 e. The molecule has 3 nitrogen and oxygen atoms in total.